The Labute approximate surface area is 115 Å². The molecule has 0 atom stereocenters. The molecule has 0 fully saturated rings. The Morgan fingerprint density at radius 3 is 2.53 bits per heavy atom. The van der Waals surface area contributed by atoms with Gasteiger partial charge in [-0.05, 0) is 30.7 Å². The van der Waals surface area contributed by atoms with E-state index >= 15 is 0 Å². The van der Waals surface area contributed by atoms with Crippen LogP contribution in [-0.4, -0.2) is 21.4 Å². The van der Waals surface area contributed by atoms with E-state index in [-0.39, 0.29) is 11.5 Å². The molecule has 2 rings (SSSR count). The molecule has 1 heterocycles. The quantitative estimate of drug-likeness (QED) is 0.878. The lowest BCUT2D eigenvalue weighted by molar-refractivity contribution is 0.0686. The number of halogens is 1. The summed E-state index contributed by atoms with van der Waals surface area (Å²) in [7, 11) is 1.59. The molecule has 1 aromatic carbocycles. The number of ketones is 1. The second-order valence-corrected chi connectivity index (χ2v) is 4.75. The molecule has 4 nitrogen and oxygen atoms in total. The summed E-state index contributed by atoms with van der Waals surface area (Å²) in [6.45, 7) is 1.81. The Morgan fingerprint density at radius 1 is 1.26 bits per heavy atom. The van der Waals surface area contributed by atoms with Gasteiger partial charge in [-0.2, -0.15) is 0 Å². The van der Waals surface area contributed by atoms with Gasteiger partial charge in [0.05, 0.1) is 0 Å². The topological polar surface area (TPSA) is 59.3 Å². The molecule has 19 heavy (non-hydrogen) atoms. The van der Waals surface area contributed by atoms with Crippen molar-refractivity contribution < 1.29 is 14.7 Å². The van der Waals surface area contributed by atoms with E-state index in [1.54, 1.807) is 25.2 Å². The van der Waals surface area contributed by atoms with Crippen LogP contribution >= 0.6 is 11.6 Å². The van der Waals surface area contributed by atoms with Gasteiger partial charge in [0.25, 0.3) is 0 Å². The van der Waals surface area contributed by atoms with Crippen LogP contribution in [0, 0.1) is 6.92 Å². The number of hydrogen-bond donors (Lipinski definition) is 1. The summed E-state index contributed by atoms with van der Waals surface area (Å²) in [4.78, 5) is 23.3. The summed E-state index contributed by atoms with van der Waals surface area (Å²) in [6, 6.07) is 6.43. The first-order valence-electron chi connectivity index (χ1n) is 5.60. The Balaban J connectivity index is 2.47. The maximum absolute atomic E-state index is 12.3. The van der Waals surface area contributed by atoms with Crippen LogP contribution in [0.15, 0.2) is 30.5 Å². The number of aryl methyl sites for hydroxylation is 2. The fraction of sp³-hybridized carbons (Fsp3) is 0.143. The molecular formula is C14H12ClNO3. The molecular weight excluding hydrogens is 266 g/mol. The normalized spacial score (nSPS) is 10.5. The maximum atomic E-state index is 12.3. The number of benzene rings is 1. The van der Waals surface area contributed by atoms with E-state index in [1.165, 1.54) is 16.8 Å². The average molecular weight is 278 g/mol. The predicted octanol–water partition coefficient (Wildman–Crippen LogP) is 2.92. The summed E-state index contributed by atoms with van der Waals surface area (Å²) >= 11 is 5.88. The van der Waals surface area contributed by atoms with Crippen molar-refractivity contribution in [2.45, 2.75) is 6.92 Å². The SMILES string of the molecule is Cc1ccc(Cl)cc1C(=O)c1cc(C(=O)O)n(C)c1. The molecule has 0 aliphatic rings. The van der Waals surface area contributed by atoms with Crippen LogP contribution < -0.4 is 0 Å². The molecule has 0 radical (unpaired) electrons. The Kier molecular flexibility index (Phi) is 3.44. The molecule has 1 aromatic heterocycles. The van der Waals surface area contributed by atoms with Crippen LogP contribution in [-0.2, 0) is 7.05 Å². The van der Waals surface area contributed by atoms with Gasteiger partial charge in [0.15, 0.2) is 5.78 Å². The fourth-order valence-corrected chi connectivity index (χ4v) is 2.07. The predicted molar refractivity (Wildman–Crippen MR) is 72.0 cm³/mol. The van der Waals surface area contributed by atoms with Crippen molar-refractivity contribution in [2.75, 3.05) is 0 Å². The molecule has 2 aromatic rings. The van der Waals surface area contributed by atoms with Crippen molar-refractivity contribution in [1.82, 2.24) is 4.57 Å². The summed E-state index contributed by atoms with van der Waals surface area (Å²) in [5, 5.41) is 9.45. The van der Waals surface area contributed by atoms with Crippen LogP contribution in [0.25, 0.3) is 0 Å². The number of aromatic carboxylic acids is 1. The molecule has 0 unspecified atom stereocenters. The summed E-state index contributed by atoms with van der Waals surface area (Å²) in [6.07, 6.45) is 1.51. The molecule has 0 saturated heterocycles. The smallest absolute Gasteiger partial charge is 0.352 e. The lowest BCUT2D eigenvalue weighted by Crippen LogP contribution is -2.02. The number of hydrogen-bond acceptors (Lipinski definition) is 2. The van der Waals surface area contributed by atoms with Crippen molar-refractivity contribution in [3.05, 3.63) is 57.9 Å². The minimum Gasteiger partial charge on any atom is -0.477 e. The van der Waals surface area contributed by atoms with Gasteiger partial charge in [-0.15, -0.1) is 0 Å². The van der Waals surface area contributed by atoms with Gasteiger partial charge in [-0.25, -0.2) is 4.79 Å². The minimum absolute atomic E-state index is 0.0723. The number of aromatic nitrogens is 1. The first-order chi connectivity index (χ1) is 8.90. The van der Waals surface area contributed by atoms with Crippen LogP contribution in [0.5, 0.6) is 0 Å². The second kappa shape index (κ2) is 4.90. The van der Waals surface area contributed by atoms with Crippen LogP contribution in [0.3, 0.4) is 0 Å². The number of carboxylic acid groups (broad SMARTS) is 1. The van der Waals surface area contributed by atoms with Gasteiger partial charge >= 0.3 is 5.97 Å². The molecule has 0 saturated carbocycles. The van der Waals surface area contributed by atoms with E-state index in [0.29, 0.717) is 16.1 Å². The first-order valence-corrected chi connectivity index (χ1v) is 5.98. The van der Waals surface area contributed by atoms with Crippen molar-refractivity contribution >= 4 is 23.4 Å². The molecule has 5 heteroatoms. The van der Waals surface area contributed by atoms with Crippen molar-refractivity contribution in [3.63, 3.8) is 0 Å². The zero-order valence-corrected chi connectivity index (χ0v) is 11.2. The Bertz CT molecular complexity index is 673. The Morgan fingerprint density at radius 2 is 1.95 bits per heavy atom. The molecule has 0 bridgehead atoms. The maximum Gasteiger partial charge on any atom is 0.352 e. The van der Waals surface area contributed by atoms with Gasteiger partial charge in [-0.3, -0.25) is 4.79 Å². The van der Waals surface area contributed by atoms with Gasteiger partial charge in [0.1, 0.15) is 5.69 Å². The molecule has 0 amide bonds. The largest absolute Gasteiger partial charge is 0.477 e. The van der Waals surface area contributed by atoms with E-state index in [2.05, 4.69) is 0 Å². The van der Waals surface area contributed by atoms with Gasteiger partial charge < -0.3 is 9.67 Å². The standard InChI is InChI=1S/C14H12ClNO3/c1-8-3-4-10(15)6-11(8)13(17)9-5-12(14(18)19)16(2)7-9/h3-7H,1-2H3,(H,18,19). The zero-order valence-electron chi connectivity index (χ0n) is 10.5. The number of rotatable bonds is 3. The van der Waals surface area contributed by atoms with E-state index in [9.17, 15) is 9.59 Å². The van der Waals surface area contributed by atoms with Crippen molar-refractivity contribution in [3.8, 4) is 0 Å². The van der Waals surface area contributed by atoms with E-state index in [1.807, 2.05) is 6.92 Å². The van der Waals surface area contributed by atoms with Gasteiger partial charge in [-0.1, -0.05) is 17.7 Å². The van der Waals surface area contributed by atoms with E-state index in [0.717, 1.165) is 5.56 Å². The van der Waals surface area contributed by atoms with Crippen LogP contribution in [0.2, 0.25) is 5.02 Å². The lowest BCUT2D eigenvalue weighted by atomic mass is 10.0. The van der Waals surface area contributed by atoms with Gasteiger partial charge in [0.2, 0.25) is 0 Å². The van der Waals surface area contributed by atoms with Crippen molar-refractivity contribution in [1.29, 1.82) is 0 Å². The highest BCUT2D eigenvalue weighted by molar-refractivity contribution is 6.31. The highest BCUT2D eigenvalue weighted by Crippen LogP contribution is 2.20. The lowest BCUT2D eigenvalue weighted by Gasteiger charge is -2.03. The minimum atomic E-state index is -1.07. The number of carbonyl (C=O) groups is 2. The van der Waals surface area contributed by atoms with Crippen LogP contribution in [0.1, 0.15) is 32.0 Å². The number of carbonyl (C=O) groups excluding carboxylic acids is 1. The van der Waals surface area contributed by atoms with Gasteiger partial charge in [0, 0.05) is 29.4 Å². The van der Waals surface area contributed by atoms with Crippen LogP contribution in [0.4, 0.5) is 0 Å². The third-order valence-electron chi connectivity index (χ3n) is 2.93. The monoisotopic (exact) mass is 277 g/mol. The molecule has 1 N–H and O–H groups in total. The number of nitrogens with zero attached hydrogens (tertiary/aromatic N) is 1. The Hall–Kier alpha value is -2.07. The highest BCUT2D eigenvalue weighted by Gasteiger charge is 2.17. The molecule has 0 aliphatic heterocycles. The van der Waals surface area contributed by atoms with Crippen molar-refractivity contribution in [2.24, 2.45) is 7.05 Å². The first kappa shape index (κ1) is 13.4. The van der Waals surface area contributed by atoms with E-state index < -0.39 is 5.97 Å². The third kappa shape index (κ3) is 2.53. The molecule has 0 spiro atoms. The number of carboxylic acids is 1. The average Bonchev–Trinajstić information content (AvgIpc) is 2.74. The fourth-order valence-electron chi connectivity index (χ4n) is 1.90. The molecule has 0 aliphatic carbocycles. The zero-order chi connectivity index (χ0) is 14.2. The molecule has 98 valence electrons. The summed E-state index contributed by atoms with van der Waals surface area (Å²) in [5.74, 6) is -1.30. The van der Waals surface area contributed by atoms with E-state index in [4.69, 9.17) is 16.7 Å². The summed E-state index contributed by atoms with van der Waals surface area (Å²) in [5.41, 5.74) is 1.69. The third-order valence-corrected chi connectivity index (χ3v) is 3.17. The summed E-state index contributed by atoms with van der Waals surface area (Å²) < 4.78 is 1.41. The second-order valence-electron chi connectivity index (χ2n) is 4.32. The highest BCUT2D eigenvalue weighted by atomic mass is 35.5.